The van der Waals surface area contributed by atoms with Gasteiger partial charge in [-0.3, -0.25) is 29.0 Å². The monoisotopic (exact) mass is 1150 g/mol. The maximum atomic E-state index is 14.8. The highest BCUT2D eigenvalue weighted by Gasteiger charge is 2.45. The molecule has 3 aromatic carbocycles. The number of rotatable bonds is 19. The predicted octanol–water partition coefficient (Wildman–Crippen LogP) is 5.13. The van der Waals surface area contributed by atoms with E-state index < -0.39 is 65.6 Å². The first-order valence-corrected chi connectivity index (χ1v) is 31.3. The number of H-pyrrole nitrogens is 1. The van der Waals surface area contributed by atoms with Gasteiger partial charge in [0, 0.05) is 84.6 Å². The summed E-state index contributed by atoms with van der Waals surface area (Å²) in [5.41, 5.74) is 9.78. The Balaban J connectivity index is 0.881. The molecule has 1 amide bonds. The van der Waals surface area contributed by atoms with Crippen molar-refractivity contribution in [3.8, 4) is 0 Å². The van der Waals surface area contributed by atoms with Crippen LogP contribution in [0.3, 0.4) is 0 Å². The van der Waals surface area contributed by atoms with Gasteiger partial charge in [0.2, 0.25) is 5.36 Å². The SMILES string of the molecule is CCN1c2cc3c(cc2C(C)CC1(C)C)C(c1ccccc1C(=O)N(C)CCCC(O)NC/C=C/c1cn([C@@H]2C[C@H](COP(=O)(O)OP(=O)(O)OP(=O)(O)O)[C@@H](O)C2)c(=O)[nH]c1=O)=c1cc2c4c(c1C3(C)C)CCC[N+]=4CC=C2. The molecular weight excluding hydrogens is 1080 g/mol. The average molecular weight is 1150 g/mol. The number of nitrogens with one attached hydrogen (secondary N) is 2. The van der Waals surface area contributed by atoms with Gasteiger partial charge in [0.15, 0.2) is 6.54 Å². The molecule has 0 radical (unpaired) electrons. The van der Waals surface area contributed by atoms with Crippen molar-refractivity contribution < 1.29 is 61.4 Å². The first-order valence-electron chi connectivity index (χ1n) is 26.8. The van der Waals surface area contributed by atoms with Crippen molar-refractivity contribution >= 4 is 52.8 Å². The molecule has 2 aliphatic carbocycles. The third-order valence-electron chi connectivity index (χ3n) is 16.3. The van der Waals surface area contributed by atoms with Crippen LogP contribution in [0.2, 0.25) is 0 Å². The van der Waals surface area contributed by atoms with Gasteiger partial charge in [0.05, 0.1) is 18.3 Å². The molecule has 5 aliphatic rings. The molecule has 1 fully saturated rings. The molecule has 3 aliphatic heterocycles. The van der Waals surface area contributed by atoms with Gasteiger partial charge in [-0.15, -0.1) is 0 Å². The summed E-state index contributed by atoms with van der Waals surface area (Å²) in [5.74, 6) is -0.730. The summed E-state index contributed by atoms with van der Waals surface area (Å²) in [6.45, 7) is 16.6. The quantitative estimate of drug-likeness (QED) is 0.0343. The number of aromatic amines is 1. The standard InChI is InChI=1S/C55H71N6O15P3/c1-8-61-45-29-44-42(28-41(45)33(2)30-54(61,3)4)48(43-26-34-16-12-23-59-24-13-19-40(50(34)59)49(43)55(44,5)6)38-17-9-10-18-39(38)52(65)58(7)22-14-20-47(63)56-21-11-15-35-31-60(53(66)57-51(35)64)37-25-36(46(62)27-37)32-74-78(70,71)76-79(72,73)75-77(67,68)69/h9-12,15-18,26,28-29,31,33,36-37,46-47,56,62-63H,8,13-14,19-25,27,30,32H2,1-7H3,(H4-,57,64,66,67,68,69,70,71,72,73)/p+1/b15-11+/t33?,36-,37-,46+,47?/m1/s1. The van der Waals surface area contributed by atoms with Crippen molar-refractivity contribution in [1.82, 2.24) is 24.3 Å². The summed E-state index contributed by atoms with van der Waals surface area (Å²) in [4.78, 5) is 83.8. The number of phosphoric acid groups is 3. The molecule has 8 N–H and O–H groups in total. The van der Waals surface area contributed by atoms with E-state index in [-0.39, 0.29) is 41.8 Å². The highest BCUT2D eigenvalue weighted by atomic mass is 31.3. The van der Waals surface area contributed by atoms with Crippen LogP contribution in [0, 0.1) is 5.92 Å². The first kappa shape index (κ1) is 58.7. The summed E-state index contributed by atoms with van der Waals surface area (Å²) < 4.78 is 50.7. The number of phosphoric ester groups is 1. The van der Waals surface area contributed by atoms with Crippen LogP contribution in [0.25, 0.3) is 17.7 Å². The summed E-state index contributed by atoms with van der Waals surface area (Å²) in [6, 6.07) is 14.5. The van der Waals surface area contributed by atoms with Gasteiger partial charge in [-0.2, -0.15) is 8.62 Å². The van der Waals surface area contributed by atoms with Crippen LogP contribution in [-0.2, 0) is 38.7 Å². The van der Waals surface area contributed by atoms with Crippen LogP contribution in [0.1, 0.15) is 147 Å². The molecule has 24 heteroatoms. The van der Waals surface area contributed by atoms with Crippen LogP contribution in [-0.4, -0.2) is 114 Å². The van der Waals surface area contributed by atoms with Crippen molar-refractivity contribution in [2.45, 2.75) is 122 Å². The largest absolute Gasteiger partial charge is 0.490 e. The summed E-state index contributed by atoms with van der Waals surface area (Å²) in [6.07, 6.45) is 10.4. The van der Waals surface area contributed by atoms with E-state index in [0.717, 1.165) is 55.6 Å². The highest BCUT2D eigenvalue weighted by Crippen LogP contribution is 2.66. The van der Waals surface area contributed by atoms with Crippen LogP contribution < -0.4 is 36.6 Å². The Labute approximate surface area is 458 Å². The number of anilines is 1. The minimum absolute atomic E-state index is 0.0130. The fraction of sp³-hybridized carbons (Fsp3) is 0.491. The van der Waals surface area contributed by atoms with Gasteiger partial charge < -0.3 is 39.6 Å². The molecule has 7 atom stereocenters. The summed E-state index contributed by atoms with van der Waals surface area (Å²) in [7, 11) is -15.0. The minimum Gasteiger partial charge on any atom is -0.393 e. The molecule has 4 unspecified atom stereocenters. The smallest absolute Gasteiger partial charge is 0.393 e. The van der Waals surface area contributed by atoms with E-state index in [4.69, 9.17) is 14.3 Å². The molecule has 79 heavy (non-hydrogen) atoms. The molecule has 0 spiro atoms. The number of fused-ring (bicyclic) bond motifs is 4. The molecule has 0 bridgehead atoms. The fourth-order valence-electron chi connectivity index (χ4n) is 12.9. The zero-order chi connectivity index (χ0) is 57.1. The molecular formula is C55H72N6O15P3+. The molecule has 4 heterocycles. The van der Waals surface area contributed by atoms with Gasteiger partial charge in [0.25, 0.3) is 11.5 Å². The van der Waals surface area contributed by atoms with Crippen LogP contribution >= 0.6 is 23.5 Å². The Kier molecular flexibility index (Phi) is 16.7. The zero-order valence-electron chi connectivity index (χ0n) is 45.5. The van der Waals surface area contributed by atoms with Gasteiger partial charge in [-0.05, 0) is 140 Å². The average Bonchev–Trinajstić information content (AvgIpc) is 3.58. The molecule has 4 aromatic rings. The van der Waals surface area contributed by atoms with E-state index in [2.05, 4.69) is 106 Å². The van der Waals surface area contributed by atoms with Gasteiger partial charge in [-0.25, -0.2) is 23.1 Å². The lowest BCUT2D eigenvalue weighted by Gasteiger charge is -2.48. The highest BCUT2D eigenvalue weighted by molar-refractivity contribution is 7.66. The second kappa shape index (κ2) is 22.4. The Hall–Kier alpha value is -4.95. The molecule has 21 nitrogen and oxygen atoms in total. The minimum atomic E-state index is -5.75. The number of nitrogens with zero attached hydrogens (tertiary/aromatic N) is 4. The van der Waals surface area contributed by atoms with E-state index in [1.54, 1.807) is 18.0 Å². The normalized spacial score (nSPS) is 22.9. The van der Waals surface area contributed by atoms with E-state index in [0.29, 0.717) is 30.9 Å². The number of carbonyl (C=O) groups is 1. The Bertz CT molecular complexity index is 3550. The summed E-state index contributed by atoms with van der Waals surface area (Å²) >= 11 is 0. The lowest BCUT2D eigenvalue weighted by molar-refractivity contribution is 0.0772. The number of hydrogen-bond acceptors (Lipinski definition) is 13. The lowest BCUT2D eigenvalue weighted by Crippen LogP contribution is -2.49. The zero-order valence-corrected chi connectivity index (χ0v) is 48.2. The Morgan fingerprint density at radius 1 is 1.03 bits per heavy atom. The van der Waals surface area contributed by atoms with E-state index in [9.17, 15) is 48.1 Å². The van der Waals surface area contributed by atoms with Gasteiger partial charge >= 0.3 is 29.2 Å². The number of aromatic nitrogens is 2. The first-order chi connectivity index (χ1) is 37.1. The van der Waals surface area contributed by atoms with E-state index >= 15 is 0 Å². The second-order valence-electron chi connectivity index (χ2n) is 22.6. The molecule has 0 saturated heterocycles. The predicted molar refractivity (Wildman–Crippen MR) is 299 cm³/mol. The van der Waals surface area contributed by atoms with Crippen LogP contribution in [0.4, 0.5) is 5.69 Å². The second-order valence-corrected chi connectivity index (χ2v) is 27.0. The number of carbonyl (C=O) groups excluding carboxylic acids is 1. The van der Waals surface area contributed by atoms with Gasteiger partial charge in [-0.1, -0.05) is 51.1 Å². The maximum Gasteiger partial charge on any atom is 0.490 e. The Morgan fingerprint density at radius 2 is 1.77 bits per heavy atom. The van der Waals surface area contributed by atoms with Crippen molar-refractivity contribution in [3.63, 3.8) is 0 Å². The molecule has 1 saturated carbocycles. The number of amides is 1. The summed E-state index contributed by atoms with van der Waals surface area (Å²) in [5, 5.41) is 27.2. The number of benzene rings is 3. The number of hydrogen-bond donors (Lipinski definition) is 8. The lowest BCUT2D eigenvalue weighted by atomic mass is 9.65. The molecule has 9 rings (SSSR count). The maximum absolute atomic E-state index is 14.8. The van der Waals surface area contributed by atoms with E-state index in [1.807, 2.05) is 18.2 Å². The van der Waals surface area contributed by atoms with Crippen molar-refractivity contribution in [1.29, 1.82) is 0 Å². The van der Waals surface area contributed by atoms with Crippen molar-refractivity contribution in [3.05, 3.63) is 142 Å². The number of aliphatic hydroxyl groups excluding tert-OH is 2. The van der Waals surface area contributed by atoms with Crippen LogP contribution in [0.5, 0.6) is 0 Å². The third-order valence-corrected chi connectivity index (χ3v) is 20.1. The topological polar surface area (TPSA) is 294 Å². The van der Waals surface area contributed by atoms with Crippen molar-refractivity contribution in [2.75, 3.05) is 51.3 Å². The van der Waals surface area contributed by atoms with Crippen LogP contribution in [0.15, 0.2) is 70.4 Å². The molecule has 426 valence electrons. The fourth-order valence-corrected chi connectivity index (χ4v) is 16.0. The van der Waals surface area contributed by atoms with E-state index in [1.165, 1.54) is 60.9 Å². The van der Waals surface area contributed by atoms with Crippen molar-refractivity contribution in [2.24, 2.45) is 5.92 Å². The molecule has 1 aromatic heterocycles. The number of aliphatic hydroxyl groups is 2. The third kappa shape index (κ3) is 12.2. The van der Waals surface area contributed by atoms with Gasteiger partial charge in [0.1, 0.15) is 12.8 Å². The Morgan fingerprint density at radius 3 is 2.51 bits per heavy atom.